The van der Waals surface area contributed by atoms with E-state index in [-0.39, 0.29) is 8.49 Å². The number of carbonyl (C=O) groups excluding carboxylic acids is 1. The SMILES string of the molecule is CS(=S)SCC(C)(Cl)C(=O)Cl. The Labute approximate surface area is 87.2 Å². The Balaban J connectivity index is 3.92. The van der Waals surface area contributed by atoms with Gasteiger partial charge in [-0.15, -0.1) is 11.6 Å². The van der Waals surface area contributed by atoms with Crippen LogP contribution < -0.4 is 0 Å². The van der Waals surface area contributed by atoms with E-state index in [0.717, 1.165) is 0 Å². The number of hydrogen-bond donors (Lipinski definition) is 0. The maximum atomic E-state index is 10.7. The minimum Gasteiger partial charge on any atom is -0.279 e. The van der Waals surface area contributed by atoms with Gasteiger partial charge < -0.3 is 0 Å². The van der Waals surface area contributed by atoms with Crippen LogP contribution in [0, 0.1) is 0 Å². The van der Waals surface area contributed by atoms with E-state index < -0.39 is 10.1 Å². The van der Waals surface area contributed by atoms with Gasteiger partial charge in [-0.25, -0.2) is 0 Å². The smallest absolute Gasteiger partial charge is 0.243 e. The molecule has 0 radical (unpaired) electrons. The zero-order valence-electron chi connectivity index (χ0n) is 6.10. The summed E-state index contributed by atoms with van der Waals surface area (Å²) in [7, 11) is 1.30. The first kappa shape index (κ1) is 12.2. The Bertz CT molecular complexity index is 181. The van der Waals surface area contributed by atoms with Crippen molar-refractivity contribution in [3.63, 3.8) is 0 Å². The molecule has 0 N–H and O–H groups in total. The molecule has 66 valence electrons. The minimum absolute atomic E-state index is 0.174. The van der Waals surface area contributed by atoms with Gasteiger partial charge in [0, 0.05) is 5.75 Å². The Hall–Kier alpha value is 1.17. The highest BCUT2D eigenvalue weighted by atomic mass is 35.5. The van der Waals surface area contributed by atoms with E-state index in [4.69, 9.17) is 34.4 Å². The van der Waals surface area contributed by atoms with Gasteiger partial charge in [0.15, 0.2) is 0 Å². The lowest BCUT2D eigenvalue weighted by molar-refractivity contribution is -0.113. The molecule has 0 saturated carbocycles. The number of hydrogen-bond acceptors (Lipinski definition) is 3. The fourth-order valence-corrected chi connectivity index (χ4v) is 2.91. The van der Waals surface area contributed by atoms with Crippen molar-refractivity contribution in [2.24, 2.45) is 0 Å². The van der Waals surface area contributed by atoms with Crippen molar-refractivity contribution in [3.05, 3.63) is 0 Å². The monoisotopic (exact) mass is 250 g/mol. The van der Waals surface area contributed by atoms with Crippen molar-refractivity contribution in [2.45, 2.75) is 11.8 Å². The summed E-state index contributed by atoms with van der Waals surface area (Å²) in [5.74, 6) is 0.472. The second-order valence-corrected chi connectivity index (χ2v) is 8.98. The molecule has 0 spiro atoms. The molecule has 2 atom stereocenters. The standard InChI is InChI=1S/C5H8Cl2OS3/c1-5(7,4(6)8)3-10-11(2)9/h3H2,1-2H3. The molecule has 0 aromatic rings. The van der Waals surface area contributed by atoms with E-state index in [1.54, 1.807) is 6.92 Å². The van der Waals surface area contributed by atoms with Crippen LogP contribution in [0.2, 0.25) is 0 Å². The second kappa shape index (κ2) is 5.02. The van der Waals surface area contributed by atoms with Crippen LogP contribution in [-0.4, -0.2) is 22.1 Å². The van der Waals surface area contributed by atoms with Crippen LogP contribution in [0.3, 0.4) is 0 Å². The predicted octanol–water partition coefficient (Wildman–Crippen LogP) is 2.11. The van der Waals surface area contributed by atoms with Crippen LogP contribution in [0.4, 0.5) is 0 Å². The van der Waals surface area contributed by atoms with Crippen molar-refractivity contribution < 1.29 is 4.79 Å². The summed E-state index contributed by atoms with van der Waals surface area (Å²) >= 11 is 15.9. The molecule has 0 heterocycles. The molecule has 0 saturated heterocycles. The summed E-state index contributed by atoms with van der Waals surface area (Å²) in [6, 6.07) is 0. The third-order valence-corrected chi connectivity index (χ3v) is 5.13. The summed E-state index contributed by atoms with van der Waals surface area (Å²) in [6.45, 7) is 1.60. The topological polar surface area (TPSA) is 17.1 Å². The summed E-state index contributed by atoms with van der Waals surface area (Å²) in [6.07, 6.45) is 1.89. The largest absolute Gasteiger partial charge is 0.279 e. The number of carbonyl (C=O) groups is 1. The third-order valence-electron chi connectivity index (χ3n) is 0.906. The summed E-state index contributed by atoms with van der Waals surface area (Å²) < 4.78 is 0. The highest BCUT2D eigenvalue weighted by molar-refractivity contribution is 8.82. The van der Waals surface area contributed by atoms with Gasteiger partial charge >= 0.3 is 0 Å². The first-order valence-electron chi connectivity index (χ1n) is 2.72. The maximum absolute atomic E-state index is 10.7. The Morgan fingerprint density at radius 2 is 2.27 bits per heavy atom. The van der Waals surface area contributed by atoms with Crippen LogP contribution in [-0.2, 0) is 24.5 Å². The molecule has 0 aliphatic heterocycles. The lowest BCUT2D eigenvalue weighted by atomic mass is 10.2. The first-order chi connectivity index (χ1) is 4.86. The summed E-state index contributed by atoms with van der Waals surface area (Å²) in [5.41, 5.74) is 0. The quantitative estimate of drug-likeness (QED) is 0.433. The molecule has 0 aromatic carbocycles. The molecular weight excluding hydrogens is 243 g/mol. The zero-order valence-corrected chi connectivity index (χ0v) is 10.1. The highest BCUT2D eigenvalue weighted by Crippen LogP contribution is 2.24. The van der Waals surface area contributed by atoms with E-state index in [1.165, 1.54) is 10.8 Å². The molecule has 11 heavy (non-hydrogen) atoms. The molecule has 0 bridgehead atoms. The van der Waals surface area contributed by atoms with E-state index >= 15 is 0 Å². The van der Waals surface area contributed by atoms with E-state index in [9.17, 15) is 4.79 Å². The first-order valence-corrected chi connectivity index (χ1v) is 7.53. The van der Waals surface area contributed by atoms with Crippen LogP contribution in [0.25, 0.3) is 0 Å². The van der Waals surface area contributed by atoms with E-state index in [1.807, 2.05) is 6.26 Å². The van der Waals surface area contributed by atoms with Crippen molar-refractivity contribution in [3.8, 4) is 0 Å². The number of rotatable bonds is 4. The van der Waals surface area contributed by atoms with Crippen molar-refractivity contribution in [1.82, 2.24) is 0 Å². The van der Waals surface area contributed by atoms with Gasteiger partial charge in [-0.3, -0.25) is 4.79 Å². The van der Waals surface area contributed by atoms with Crippen LogP contribution in [0.1, 0.15) is 6.92 Å². The third kappa shape index (κ3) is 5.42. The lowest BCUT2D eigenvalue weighted by Gasteiger charge is -2.15. The highest BCUT2D eigenvalue weighted by Gasteiger charge is 2.28. The average molecular weight is 251 g/mol. The molecule has 1 nitrogen and oxygen atoms in total. The van der Waals surface area contributed by atoms with Gasteiger partial charge in [-0.1, -0.05) is 19.3 Å². The van der Waals surface area contributed by atoms with Crippen LogP contribution in [0.15, 0.2) is 0 Å². The normalized spacial score (nSPS) is 18.9. The molecule has 0 aliphatic carbocycles. The van der Waals surface area contributed by atoms with Gasteiger partial charge in [-0.05, 0) is 36.0 Å². The van der Waals surface area contributed by atoms with Gasteiger partial charge in [0.05, 0.1) is 0 Å². The van der Waals surface area contributed by atoms with E-state index in [2.05, 4.69) is 0 Å². The Morgan fingerprint density at radius 3 is 2.55 bits per heavy atom. The second-order valence-electron chi connectivity index (χ2n) is 2.13. The fraction of sp³-hybridized carbons (Fsp3) is 0.800. The van der Waals surface area contributed by atoms with Crippen LogP contribution in [0.5, 0.6) is 0 Å². The van der Waals surface area contributed by atoms with Gasteiger partial charge in [0.25, 0.3) is 0 Å². The van der Waals surface area contributed by atoms with Crippen molar-refractivity contribution in [1.29, 1.82) is 0 Å². The molecular formula is C5H8Cl2OS3. The molecule has 0 rings (SSSR count). The van der Waals surface area contributed by atoms with Crippen LogP contribution >= 0.6 is 34.0 Å². The summed E-state index contributed by atoms with van der Waals surface area (Å²) in [5, 5.41) is -0.521. The predicted molar refractivity (Wildman–Crippen MR) is 58.2 cm³/mol. The van der Waals surface area contributed by atoms with Gasteiger partial charge in [-0.2, -0.15) is 0 Å². The maximum Gasteiger partial charge on any atom is 0.243 e. The van der Waals surface area contributed by atoms with E-state index in [0.29, 0.717) is 5.75 Å². The molecule has 2 unspecified atom stereocenters. The minimum atomic E-state index is -0.966. The zero-order chi connectivity index (χ0) is 9.07. The summed E-state index contributed by atoms with van der Waals surface area (Å²) in [4.78, 5) is 9.70. The molecule has 6 heteroatoms. The lowest BCUT2D eigenvalue weighted by Crippen LogP contribution is -2.27. The van der Waals surface area contributed by atoms with Crippen molar-refractivity contribution in [2.75, 3.05) is 12.0 Å². The Kier molecular flexibility index (Phi) is 5.55. The molecule has 0 aliphatic rings. The fourth-order valence-electron chi connectivity index (χ4n) is 0.250. The average Bonchev–Trinajstić information content (AvgIpc) is 1.84. The molecule has 0 fully saturated rings. The van der Waals surface area contributed by atoms with Gasteiger partial charge in [0.1, 0.15) is 4.87 Å². The Morgan fingerprint density at radius 1 is 1.82 bits per heavy atom. The number of halogens is 2. The van der Waals surface area contributed by atoms with Crippen molar-refractivity contribution >= 4 is 58.9 Å². The van der Waals surface area contributed by atoms with Gasteiger partial charge in [0.2, 0.25) is 5.24 Å². The molecule has 0 aromatic heterocycles. The number of alkyl halides is 1. The molecule has 0 amide bonds.